The summed E-state index contributed by atoms with van der Waals surface area (Å²) in [6.07, 6.45) is 0. The van der Waals surface area contributed by atoms with Crippen LogP contribution in [0.1, 0.15) is 21.6 Å². The van der Waals surface area contributed by atoms with Gasteiger partial charge in [0.2, 0.25) is 5.95 Å². The van der Waals surface area contributed by atoms with Crippen molar-refractivity contribution in [2.45, 2.75) is 13.1 Å². The number of hydrogen-bond donors (Lipinski definition) is 2. The van der Waals surface area contributed by atoms with Gasteiger partial charge in [0.05, 0.1) is 11.2 Å². The molecule has 1 aromatic heterocycles. The van der Waals surface area contributed by atoms with Crippen molar-refractivity contribution < 1.29 is 9.59 Å². The highest BCUT2D eigenvalue weighted by molar-refractivity contribution is 6.06. The van der Waals surface area contributed by atoms with Crippen molar-refractivity contribution in [3.8, 4) is 11.1 Å². The van der Waals surface area contributed by atoms with E-state index in [4.69, 9.17) is 5.73 Å². The molecule has 38 heavy (non-hydrogen) atoms. The molecule has 0 spiro atoms. The van der Waals surface area contributed by atoms with Crippen molar-refractivity contribution in [3.63, 3.8) is 0 Å². The Morgan fingerprint density at radius 1 is 0.842 bits per heavy atom. The van der Waals surface area contributed by atoms with E-state index < -0.39 is 0 Å². The average Bonchev–Trinajstić information content (AvgIpc) is 3.37. The lowest BCUT2D eigenvalue weighted by Gasteiger charge is -2.32. The summed E-state index contributed by atoms with van der Waals surface area (Å²) in [7, 11) is 2.06. The smallest absolute Gasteiger partial charge is 0.321 e. The van der Waals surface area contributed by atoms with Crippen LogP contribution in [0, 0.1) is 0 Å². The number of amides is 3. The van der Waals surface area contributed by atoms with E-state index in [1.54, 1.807) is 4.90 Å². The molecule has 3 amide bonds. The average molecular weight is 508 g/mol. The maximum atomic E-state index is 13.7. The van der Waals surface area contributed by atoms with E-state index in [0.29, 0.717) is 42.8 Å². The molecule has 2 aliphatic heterocycles. The number of aromatic nitrogens is 2. The van der Waals surface area contributed by atoms with Crippen LogP contribution in [0.25, 0.3) is 22.0 Å². The lowest BCUT2D eigenvalue weighted by Crippen LogP contribution is -2.48. The summed E-state index contributed by atoms with van der Waals surface area (Å²) in [5.41, 5.74) is 11.6. The molecule has 9 heteroatoms. The number of benzene rings is 3. The lowest BCUT2D eigenvalue weighted by molar-refractivity contribution is 0.0747. The second kappa shape index (κ2) is 9.75. The molecule has 192 valence electrons. The minimum Gasteiger partial charge on any atom is -0.368 e. The minimum atomic E-state index is -0.186. The van der Waals surface area contributed by atoms with Gasteiger partial charge in [0.25, 0.3) is 5.91 Å². The number of nitrogens with two attached hydrogens (primary N) is 1. The molecule has 3 aromatic carbocycles. The third-order valence-corrected chi connectivity index (χ3v) is 7.31. The van der Waals surface area contributed by atoms with E-state index in [-0.39, 0.29) is 23.6 Å². The van der Waals surface area contributed by atoms with Crippen molar-refractivity contribution in [1.82, 2.24) is 24.7 Å². The van der Waals surface area contributed by atoms with Gasteiger partial charge in [0.1, 0.15) is 5.69 Å². The first kappa shape index (κ1) is 23.9. The van der Waals surface area contributed by atoms with Crippen LogP contribution in [0.2, 0.25) is 0 Å². The van der Waals surface area contributed by atoms with Gasteiger partial charge in [-0.05, 0) is 41.9 Å². The number of fused-ring (bicyclic) bond motifs is 2. The predicted molar refractivity (Wildman–Crippen MR) is 147 cm³/mol. The first-order valence-electron chi connectivity index (χ1n) is 12.7. The van der Waals surface area contributed by atoms with E-state index in [2.05, 4.69) is 27.2 Å². The van der Waals surface area contributed by atoms with Crippen LogP contribution in [0.4, 0.5) is 16.4 Å². The lowest BCUT2D eigenvalue weighted by atomic mass is 10.0. The number of hydrogen-bond acceptors (Lipinski definition) is 6. The zero-order valence-electron chi connectivity index (χ0n) is 21.2. The number of carbonyl (C=O) groups excluding carboxylic acids is 2. The molecule has 1 saturated heterocycles. The summed E-state index contributed by atoms with van der Waals surface area (Å²) in [6, 6.07) is 21.3. The number of para-hydroxylation sites is 1. The van der Waals surface area contributed by atoms with Crippen LogP contribution in [0.3, 0.4) is 0 Å². The van der Waals surface area contributed by atoms with E-state index >= 15 is 0 Å². The Morgan fingerprint density at radius 2 is 1.53 bits per heavy atom. The van der Waals surface area contributed by atoms with Crippen LogP contribution in [-0.2, 0) is 13.1 Å². The van der Waals surface area contributed by atoms with E-state index in [1.165, 1.54) is 0 Å². The fraction of sp³-hybridized carbons (Fsp3) is 0.241. The van der Waals surface area contributed by atoms with Crippen molar-refractivity contribution in [2.75, 3.05) is 44.3 Å². The molecule has 6 rings (SSSR count). The van der Waals surface area contributed by atoms with Crippen LogP contribution in [0.15, 0.2) is 66.7 Å². The fourth-order valence-corrected chi connectivity index (χ4v) is 5.15. The number of nitrogens with zero attached hydrogens (tertiary/aromatic N) is 5. The van der Waals surface area contributed by atoms with Gasteiger partial charge < -0.3 is 25.8 Å². The summed E-state index contributed by atoms with van der Waals surface area (Å²) < 4.78 is 0. The number of likely N-dealkylation sites (N-methyl/N-ethyl adjacent to an activating group) is 1. The molecule has 9 nitrogen and oxygen atoms in total. The molecule has 0 radical (unpaired) electrons. The van der Waals surface area contributed by atoms with Gasteiger partial charge in [-0.15, -0.1) is 0 Å². The van der Waals surface area contributed by atoms with Gasteiger partial charge in [0.15, 0.2) is 0 Å². The number of urea groups is 1. The van der Waals surface area contributed by atoms with Gasteiger partial charge in [0, 0.05) is 50.2 Å². The van der Waals surface area contributed by atoms with Gasteiger partial charge >= 0.3 is 6.03 Å². The number of anilines is 2. The third-order valence-electron chi connectivity index (χ3n) is 7.31. The largest absolute Gasteiger partial charge is 0.368 e. The molecule has 0 unspecified atom stereocenters. The van der Waals surface area contributed by atoms with Crippen LogP contribution in [0.5, 0.6) is 0 Å². The van der Waals surface area contributed by atoms with E-state index in [1.807, 2.05) is 71.6 Å². The highest BCUT2D eigenvalue weighted by Gasteiger charge is 2.27. The quantitative estimate of drug-likeness (QED) is 0.437. The zero-order valence-corrected chi connectivity index (χ0v) is 21.2. The molecule has 0 atom stereocenters. The van der Waals surface area contributed by atoms with Gasteiger partial charge in [-0.3, -0.25) is 4.79 Å². The predicted octanol–water partition coefficient (Wildman–Crippen LogP) is 3.81. The highest BCUT2D eigenvalue weighted by atomic mass is 16.2. The first-order valence-corrected chi connectivity index (χ1v) is 12.7. The standard InChI is InChI=1S/C29H29N7O2/c1-34-12-14-35(15-13-34)29(38)32-24-9-5-4-8-22(24)19-10-11-25-23(16-19)26(33-28(30)31-25)27(37)36-17-20-6-2-3-7-21(20)18-36/h2-11,16H,12-15,17-18H2,1H3,(H,32,38)(H2,30,31,33). The molecular formula is C29H29N7O2. The van der Waals surface area contributed by atoms with Crippen LogP contribution in [-0.4, -0.2) is 69.8 Å². The Labute approximate surface area is 220 Å². The maximum Gasteiger partial charge on any atom is 0.321 e. The van der Waals surface area contributed by atoms with Crippen molar-refractivity contribution in [1.29, 1.82) is 0 Å². The van der Waals surface area contributed by atoms with Crippen molar-refractivity contribution in [2.24, 2.45) is 0 Å². The SMILES string of the molecule is CN1CCN(C(=O)Nc2ccccc2-c2ccc3nc(N)nc(C(=O)N4Cc5ccccc5C4)c3c2)CC1. The second-order valence-corrected chi connectivity index (χ2v) is 9.86. The van der Waals surface area contributed by atoms with Crippen molar-refractivity contribution in [3.05, 3.63) is 83.6 Å². The third kappa shape index (κ3) is 4.52. The molecule has 4 aromatic rings. The summed E-state index contributed by atoms with van der Waals surface area (Å²) in [4.78, 5) is 41.2. The molecule has 2 aliphatic rings. The van der Waals surface area contributed by atoms with Gasteiger partial charge in [-0.2, -0.15) is 0 Å². The van der Waals surface area contributed by atoms with E-state index in [0.717, 1.165) is 35.3 Å². The number of rotatable bonds is 3. The minimum absolute atomic E-state index is 0.0603. The number of nitrogen functional groups attached to an aromatic ring is 1. The van der Waals surface area contributed by atoms with Crippen LogP contribution < -0.4 is 11.1 Å². The summed E-state index contributed by atoms with van der Waals surface area (Å²) >= 11 is 0. The molecule has 3 N–H and O–H groups in total. The molecule has 3 heterocycles. The van der Waals surface area contributed by atoms with Gasteiger partial charge in [-0.25, -0.2) is 14.8 Å². The van der Waals surface area contributed by atoms with E-state index in [9.17, 15) is 9.59 Å². The Bertz CT molecular complexity index is 1520. The first-order chi connectivity index (χ1) is 18.5. The van der Waals surface area contributed by atoms with Gasteiger partial charge in [-0.1, -0.05) is 48.5 Å². The molecule has 1 fully saturated rings. The topological polar surface area (TPSA) is 108 Å². The highest BCUT2D eigenvalue weighted by Crippen LogP contribution is 2.32. The molecule has 0 saturated carbocycles. The zero-order chi connectivity index (χ0) is 26.2. The normalized spacial score (nSPS) is 15.5. The molecule has 0 bridgehead atoms. The summed E-state index contributed by atoms with van der Waals surface area (Å²) in [6.45, 7) is 4.13. The Balaban J connectivity index is 1.33. The summed E-state index contributed by atoms with van der Waals surface area (Å²) in [5.74, 6) is -0.126. The molecule has 0 aliphatic carbocycles. The Morgan fingerprint density at radius 3 is 2.26 bits per heavy atom. The number of carbonyl (C=O) groups is 2. The van der Waals surface area contributed by atoms with Crippen molar-refractivity contribution >= 4 is 34.5 Å². The second-order valence-electron chi connectivity index (χ2n) is 9.86. The fourth-order valence-electron chi connectivity index (χ4n) is 5.15. The Kier molecular flexibility index (Phi) is 6.13. The maximum absolute atomic E-state index is 13.7. The molecular weight excluding hydrogens is 478 g/mol. The summed E-state index contributed by atoms with van der Waals surface area (Å²) in [5, 5.41) is 3.71. The Hall–Kier alpha value is -4.50. The number of piperazine rings is 1. The monoisotopic (exact) mass is 507 g/mol. The van der Waals surface area contributed by atoms with Crippen LogP contribution >= 0.6 is 0 Å². The number of nitrogens with one attached hydrogen (secondary N) is 1.